The van der Waals surface area contributed by atoms with Gasteiger partial charge in [-0.3, -0.25) is 0 Å². The number of nitrogens with two attached hydrogens (primary N) is 1. The van der Waals surface area contributed by atoms with Gasteiger partial charge in [0.05, 0.1) is 12.5 Å². The molecule has 1 heterocycles. The molecule has 1 saturated heterocycles. The Morgan fingerprint density at radius 2 is 1.96 bits per heavy atom. The largest absolute Gasteiger partial charge is 0.393 e. The molecule has 0 spiro atoms. The molecule has 3 N–H and O–H groups in total. The Hall–Kier alpha value is -1.79. The molecule has 6 heteroatoms. The number of anilines is 1. The lowest BCUT2D eigenvalue weighted by Crippen LogP contribution is -2.39. The van der Waals surface area contributed by atoms with Crippen molar-refractivity contribution in [3.63, 3.8) is 0 Å². The molecule has 0 amide bonds. The smallest absolute Gasteiger partial charge is 0.373 e. The quantitative estimate of drug-likeness (QED) is 0.881. The van der Waals surface area contributed by atoms with Crippen LogP contribution in [-0.2, 0) is 11.2 Å². The second-order valence-electron chi connectivity index (χ2n) is 6.29. The first-order chi connectivity index (χ1) is 11.4. The van der Waals surface area contributed by atoms with E-state index in [1.807, 2.05) is 12.2 Å². The van der Waals surface area contributed by atoms with Crippen molar-refractivity contribution in [2.24, 2.45) is 17.6 Å². The summed E-state index contributed by atoms with van der Waals surface area (Å²) in [5, 5.41) is 3.22. The van der Waals surface area contributed by atoms with Crippen LogP contribution in [0.15, 0.2) is 48.2 Å². The molecule has 1 aromatic carbocycles. The number of halogens is 3. The van der Waals surface area contributed by atoms with Gasteiger partial charge in [-0.2, -0.15) is 13.2 Å². The van der Waals surface area contributed by atoms with Crippen molar-refractivity contribution < 1.29 is 17.9 Å². The van der Waals surface area contributed by atoms with E-state index in [0.29, 0.717) is 25.0 Å². The van der Waals surface area contributed by atoms with E-state index in [4.69, 9.17) is 10.5 Å². The van der Waals surface area contributed by atoms with Crippen molar-refractivity contribution in [3.8, 4) is 0 Å². The number of fused-ring (bicyclic) bond motifs is 1. The number of nitrogens with one attached hydrogen (secondary N) is 1. The summed E-state index contributed by atoms with van der Waals surface area (Å²) in [6.45, 7) is 1.35. The predicted octanol–water partition coefficient (Wildman–Crippen LogP) is 3.64. The Morgan fingerprint density at radius 1 is 1.21 bits per heavy atom. The monoisotopic (exact) mass is 338 g/mol. The lowest BCUT2D eigenvalue weighted by Gasteiger charge is -2.36. The zero-order valence-electron chi connectivity index (χ0n) is 13.2. The van der Waals surface area contributed by atoms with Gasteiger partial charge in [-0.1, -0.05) is 18.2 Å². The van der Waals surface area contributed by atoms with E-state index in [-0.39, 0.29) is 11.7 Å². The number of ether oxygens (including phenoxy) is 1. The van der Waals surface area contributed by atoms with E-state index in [1.54, 1.807) is 12.1 Å². The fraction of sp³-hybridized carbons (Fsp3) is 0.444. The Morgan fingerprint density at radius 3 is 2.62 bits per heavy atom. The number of allylic oxidation sites excluding steroid dienone is 1. The lowest BCUT2D eigenvalue weighted by atomic mass is 9.80. The van der Waals surface area contributed by atoms with Crippen LogP contribution < -0.4 is 11.1 Å². The average molecular weight is 338 g/mol. The van der Waals surface area contributed by atoms with Crippen LogP contribution in [0.1, 0.15) is 12.0 Å². The third-order valence-electron chi connectivity index (χ3n) is 4.51. The van der Waals surface area contributed by atoms with Gasteiger partial charge in [0.1, 0.15) is 0 Å². The van der Waals surface area contributed by atoms with Crippen LogP contribution in [0.3, 0.4) is 0 Å². The zero-order valence-corrected chi connectivity index (χ0v) is 13.2. The van der Waals surface area contributed by atoms with Gasteiger partial charge in [0.2, 0.25) is 0 Å². The highest BCUT2D eigenvalue weighted by Gasteiger charge is 2.32. The molecule has 24 heavy (non-hydrogen) atoms. The first-order valence-electron chi connectivity index (χ1n) is 8.09. The fourth-order valence-electron chi connectivity index (χ4n) is 3.26. The highest BCUT2D eigenvalue weighted by molar-refractivity contribution is 5.52. The minimum absolute atomic E-state index is 0.00398. The van der Waals surface area contributed by atoms with Crippen LogP contribution in [0.4, 0.5) is 18.9 Å². The molecule has 0 saturated carbocycles. The van der Waals surface area contributed by atoms with Crippen LogP contribution in [0, 0.1) is 11.8 Å². The molecule has 1 aliphatic heterocycles. The second kappa shape index (κ2) is 6.99. The molecular formula is C18H21F3N2O. The fourth-order valence-corrected chi connectivity index (χ4v) is 3.26. The van der Waals surface area contributed by atoms with E-state index in [1.165, 1.54) is 12.1 Å². The Kier molecular flexibility index (Phi) is 4.96. The summed E-state index contributed by atoms with van der Waals surface area (Å²) in [4.78, 5) is 0. The first kappa shape index (κ1) is 17.0. The summed E-state index contributed by atoms with van der Waals surface area (Å²) in [7, 11) is 0. The molecule has 0 bridgehead atoms. The maximum absolute atomic E-state index is 12.4. The van der Waals surface area contributed by atoms with Crippen molar-refractivity contribution >= 4 is 5.69 Å². The molecule has 1 aliphatic carbocycles. The maximum atomic E-state index is 12.4. The van der Waals surface area contributed by atoms with Crippen LogP contribution in [0.2, 0.25) is 0 Å². The standard InChI is InChI=1S/C18H21F3N2O/c19-18(20,21)10-12-1-3-14(4-2-12)23-15-5-6-16-13(11-22)7-8-24-17(16)9-15/h1-6,9,13,16-17,23H,7-8,10-11,22H2/t13-,16?,17?/m0/s1. The molecule has 130 valence electrons. The van der Waals surface area contributed by atoms with E-state index < -0.39 is 12.6 Å². The third-order valence-corrected chi connectivity index (χ3v) is 4.51. The van der Waals surface area contributed by atoms with Gasteiger partial charge in [-0.05, 0) is 48.7 Å². The van der Waals surface area contributed by atoms with E-state index >= 15 is 0 Å². The summed E-state index contributed by atoms with van der Waals surface area (Å²) in [6, 6.07) is 6.30. The first-order valence-corrected chi connectivity index (χ1v) is 8.09. The van der Waals surface area contributed by atoms with Crippen molar-refractivity contribution in [2.75, 3.05) is 18.5 Å². The molecule has 3 atom stereocenters. The number of benzene rings is 1. The third kappa shape index (κ3) is 4.19. The van der Waals surface area contributed by atoms with Crippen LogP contribution in [0.25, 0.3) is 0 Å². The molecule has 0 aromatic heterocycles. The van der Waals surface area contributed by atoms with Gasteiger partial charge >= 0.3 is 6.18 Å². The molecule has 0 radical (unpaired) electrons. The van der Waals surface area contributed by atoms with Gasteiger partial charge < -0.3 is 15.8 Å². The minimum atomic E-state index is -4.18. The molecule has 2 aliphatic rings. The summed E-state index contributed by atoms with van der Waals surface area (Å²) < 4.78 is 42.9. The average Bonchev–Trinajstić information content (AvgIpc) is 2.54. The summed E-state index contributed by atoms with van der Waals surface area (Å²) in [5.74, 6) is 0.725. The van der Waals surface area contributed by atoms with Crippen molar-refractivity contribution in [1.29, 1.82) is 0 Å². The summed E-state index contributed by atoms with van der Waals surface area (Å²) >= 11 is 0. The number of hydrogen-bond acceptors (Lipinski definition) is 3. The Bertz CT molecular complexity index is 622. The van der Waals surface area contributed by atoms with Crippen molar-refractivity contribution in [1.82, 2.24) is 0 Å². The van der Waals surface area contributed by atoms with E-state index in [9.17, 15) is 13.2 Å². The molecule has 3 nitrogen and oxygen atoms in total. The highest BCUT2D eigenvalue weighted by Crippen LogP contribution is 2.32. The van der Waals surface area contributed by atoms with Crippen LogP contribution in [0.5, 0.6) is 0 Å². The molecule has 2 unspecified atom stereocenters. The minimum Gasteiger partial charge on any atom is -0.373 e. The molecule has 1 aromatic rings. The number of rotatable bonds is 4. The molecule has 1 fully saturated rings. The van der Waals surface area contributed by atoms with Gasteiger partial charge in [-0.25, -0.2) is 0 Å². The van der Waals surface area contributed by atoms with Crippen molar-refractivity contribution in [3.05, 3.63) is 53.8 Å². The van der Waals surface area contributed by atoms with Crippen LogP contribution >= 0.6 is 0 Å². The van der Waals surface area contributed by atoms with Gasteiger partial charge in [0.15, 0.2) is 0 Å². The van der Waals surface area contributed by atoms with E-state index in [0.717, 1.165) is 17.8 Å². The van der Waals surface area contributed by atoms with Crippen molar-refractivity contribution in [2.45, 2.75) is 25.1 Å². The maximum Gasteiger partial charge on any atom is 0.393 e. The zero-order chi connectivity index (χ0) is 17.2. The van der Waals surface area contributed by atoms with Gasteiger partial charge in [0.25, 0.3) is 0 Å². The van der Waals surface area contributed by atoms with Gasteiger partial charge in [-0.15, -0.1) is 0 Å². The Balaban J connectivity index is 1.64. The number of alkyl halides is 3. The summed E-state index contributed by atoms with van der Waals surface area (Å²) in [6.07, 6.45) is 2.01. The van der Waals surface area contributed by atoms with Crippen LogP contribution in [-0.4, -0.2) is 25.4 Å². The highest BCUT2D eigenvalue weighted by atomic mass is 19.4. The number of hydrogen-bond donors (Lipinski definition) is 2. The SMILES string of the molecule is NC[C@@H]1CCOC2C=C(Nc3ccc(CC(F)(F)F)cc3)C=CC21. The summed E-state index contributed by atoms with van der Waals surface area (Å²) in [5.41, 5.74) is 7.71. The normalized spacial score (nSPS) is 26.7. The topological polar surface area (TPSA) is 47.3 Å². The predicted molar refractivity (Wildman–Crippen MR) is 87.4 cm³/mol. The van der Waals surface area contributed by atoms with E-state index in [2.05, 4.69) is 11.4 Å². The second-order valence-corrected chi connectivity index (χ2v) is 6.29. The Labute approximate surface area is 139 Å². The van der Waals surface area contributed by atoms with Gasteiger partial charge in [0, 0.05) is 23.9 Å². The molecule has 3 rings (SSSR count). The lowest BCUT2D eigenvalue weighted by molar-refractivity contribution is -0.127. The molecular weight excluding hydrogens is 317 g/mol.